The zero-order valence-electron chi connectivity index (χ0n) is 19.5. The number of hydrogen-bond acceptors (Lipinski definition) is 5. The van der Waals surface area contributed by atoms with Gasteiger partial charge in [-0.2, -0.15) is 0 Å². The van der Waals surface area contributed by atoms with E-state index < -0.39 is 10.0 Å². The summed E-state index contributed by atoms with van der Waals surface area (Å²) in [4.78, 5) is 12.4. The van der Waals surface area contributed by atoms with Gasteiger partial charge in [0.1, 0.15) is 0 Å². The molecule has 1 N–H and O–H groups in total. The minimum absolute atomic E-state index is 0.0273. The third-order valence-electron chi connectivity index (χ3n) is 5.73. The quantitative estimate of drug-likeness (QED) is 0.501. The van der Waals surface area contributed by atoms with Crippen molar-refractivity contribution in [3.63, 3.8) is 0 Å². The van der Waals surface area contributed by atoms with Gasteiger partial charge in [-0.25, -0.2) is 12.7 Å². The molecule has 3 rings (SSSR count). The van der Waals surface area contributed by atoms with E-state index in [2.05, 4.69) is 5.32 Å². The van der Waals surface area contributed by atoms with Crippen molar-refractivity contribution in [3.05, 3.63) is 59.2 Å². The van der Waals surface area contributed by atoms with E-state index in [1.165, 1.54) is 0 Å². The van der Waals surface area contributed by atoms with Crippen LogP contribution in [0.4, 0.5) is 0 Å². The molecule has 0 unspecified atom stereocenters. The lowest BCUT2D eigenvalue weighted by Crippen LogP contribution is -2.36. The summed E-state index contributed by atoms with van der Waals surface area (Å²) in [7, 11) is -1.69. The Kier molecular flexibility index (Phi) is 9.14. The van der Waals surface area contributed by atoms with E-state index in [0.29, 0.717) is 43.1 Å². The minimum atomic E-state index is -3.31. The summed E-state index contributed by atoms with van der Waals surface area (Å²) in [5.41, 5.74) is 2.34. The van der Waals surface area contributed by atoms with Crippen molar-refractivity contribution < 1.29 is 22.7 Å². The van der Waals surface area contributed by atoms with E-state index in [1.807, 2.05) is 25.1 Å². The van der Waals surface area contributed by atoms with E-state index in [9.17, 15) is 13.2 Å². The van der Waals surface area contributed by atoms with Gasteiger partial charge in [-0.3, -0.25) is 4.79 Å². The molecule has 0 aliphatic carbocycles. The molecule has 1 fully saturated rings. The van der Waals surface area contributed by atoms with Gasteiger partial charge in [0.15, 0.2) is 11.5 Å². The molecular formula is C25H34N2O5S. The normalized spacial score (nSPS) is 14.6. The molecule has 0 radical (unpaired) electrons. The Bertz CT molecular complexity index is 1020. The fraction of sp³-hybridized carbons (Fsp3) is 0.480. The number of sulfonamides is 1. The Morgan fingerprint density at radius 1 is 1.00 bits per heavy atom. The van der Waals surface area contributed by atoms with Crippen LogP contribution in [0.2, 0.25) is 0 Å². The van der Waals surface area contributed by atoms with Crippen molar-refractivity contribution in [1.29, 1.82) is 0 Å². The van der Waals surface area contributed by atoms with Crippen molar-refractivity contribution in [1.82, 2.24) is 9.62 Å². The summed E-state index contributed by atoms with van der Waals surface area (Å²) in [6, 6.07) is 12.7. The topological polar surface area (TPSA) is 84.9 Å². The van der Waals surface area contributed by atoms with Crippen LogP contribution in [-0.2, 0) is 22.2 Å². The Morgan fingerprint density at radius 3 is 2.36 bits per heavy atom. The van der Waals surface area contributed by atoms with Gasteiger partial charge >= 0.3 is 0 Å². The molecule has 0 atom stereocenters. The summed E-state index contributed by atoms with van der Waals surface area (Å²) < 4.78 is 37.7. The van der Waals surface area contributed by atoms with Crippen LogP contribution in [0.25, 0.3) is 0 Å². The fourth-order valence-corrected chi connectivity index (χ4v) is 5.55. The van der Waals surface area contributed by atoms with Gasteiger partial charge in [0.2, 0.25) is 10.0 Å². The number of rotatable bonds is 11. The van der Waals surface area contributed by atoms with E-state index in [0.717, 1.165) is 43.4 Å². The molecule has 0 saturated carbocycles. The number of amides is 1. The van der Waals surface area contributed by atoms with Crippen LogP contribution in [0.5, 0.6) is 11.5 Å². The molecule has 8 heteroatoms. The maximum Gasteiger partial charge on any atom is 0.251 e. The van der Waals surface area contributed by atoms with Crippen LogP contribution in [0.1, 0.15) is 54.1 Å². The van der Waals surface area contributed by atoms with E-state index in [1.54, 1.807) is 35.7 Å². The molecule has 1 heterocycles. The standard InChI is InChI=1S/C25H34N2O5S/c1-3-32-23-14-11-20(18-24(23)31-2)8-7-15-26-25(28)22-12-9-21(10-13-22)19-33(29,30)27-16-5-4-6-17-27/h9-14,18H,3-8,15-17,19H2,1-2H3,(H,26,28). The molecule has 0 spiro atoms. The summed E-state index contributed by atoms with van der Waals surface area (Å²) in [5.74, 6) is 1.25. The fourth-order valence-electron chi connectivity index (χ4n) is 3.94. The highest BCUT2D eigenvalue weighted by Crippen LogP contribution is 2.28. The molecule has 1 saturated heterocycles. The molecule has 33 heavy (non-hydrogen) atoms. The highest BCUT2D eigenvalue weighted by atomic mass is 32.2. The SMILES string of the molecule is CCOc1ccc(CCCNC(=O)c2ccc(CS(=O)(=O)N3CCCCC3)cc2)cc1OC. The summed E-state index contributed by atoms with van der Waals surface area (Å²) >= 11 is 0. The number of methoxy groups -OCH3 is 1. The van der Waals surface area contributed by atoms with Gasteiger partial charge in [-0.15, -0.1) is 0 Å². The molecule has 1 aliphatic rings. The number of hydrogen-bond donors (Lipinski definition) is 1. The predicted octanol–water partition coefficient (Wildman–Crippen LogP) is 3.77. The molecule has 0 aromatic heterocycles. The van der Waals surface area contributed by atoms with Gasteiger partial charge in [-0.05, 0) is 68.0 Å². The highest BCUT2D eigenvalue weighted by Gasteiger charge is 2.24. The molecular weight excluding hydrogens is 440 g/mol. The summed E-state index contributed by atoms with van der Waals surface area (Å²) in [6.45, 7) is 4.26. The van der Waals surface area contributed by atoms with Crippen molar-refractivity contribution >= 4 is 15.9 Å². The van der Waals surface area contributed by atoms with Crippen LogP contribution >= 0.6 is 0 Å². The van der Waals surface area contributed by atoms with Crippen molar-refractivity contribution in [3.8, 4) is 11.5 Å². The van der Waals surface area contributed by atoms with E-state index >= 15 is 0 Å². The molecule has 2 aromatic carbocycles. The molecule has 2 aromatic rings. The zero-order chi connectivity index (χ0) is 23.7. The second-order valence-electron chi connectivity index (χ2n) is 8.19. The number of nitrogens with zero attached hydrogens (tertiary/aromatic N) is 1. The first-order chi connectivity index (χ1) is 15.9. The molecule has 180 valence electrons. The first-order valence-electron chi connectivity index (χ1n) is 11.6. The lowest BCUT2D eigenvalue weighted by Gasteiger charge is -2.25. The van der Waals surface area contributed by atoms with Crippen molar-refractivity contribution in [2.75, 3.05) is 33.4 Å². The Balaban J connectivity index is 1.46. The number of benzene rings is 2. The maximum atomic E-state index is 12.6. The van der Waals surface area contributed by atoms with Crippen LogP contribution < -0.4 is 14.8 Å². The van der Waals surface area contributed by atoms with E-state index in [4.69, 9.17) is 9.47 Å². The monoisotopic (exact) mass is 474 g/mol. The Morgan fingerprint density at radius 2 is 1.70 bits per heavy atom. The lowest BCUT2D eigenvalue weighted by atomic mass is 10.1. The average Bonchev–Trinajstić information content (AvgIpc) is 2.83. The second kappa shape index (κ2) is 12.0. The first kappa shape index (κ1) is 25.1. The number of ether oxygens (including phenoxy) is 2. The van der Waals surface area contributed by atoms with Crippen molar-refractivity contribution in [2.24, 2.45) is 0 Å². The van der Waals surface area contributed by atoms with Gasteiger partial charge in [0.05, 0.1) is 19.5 Å². The van der Waals surface area contributed by atoms with Gasteiger partial charge in [0, 0.05) is 25.2 Å². The number of carbonyl (C=O) groups excluding carboxylic acids is 1. The number of piperidine rings is 1. The van der Waals surface area contributed by atoms with E-state index in [-0.39, 0.29) is 11.7 Å². The van der Waals surface area contributed by atoms with Gasteiger partial charge < -0.3 is 14.8 Å². The Labute approximate surface area is 197 Å². The third kappa shape index (κ3) is 7.20. The van der Waals surface area contributed by atoms with Gasteiger partial charge in [0.25, 0.3) is 5.91 Å². The molecule has 0 bridgehead atoms. The average molecular weight is 475 g/mol. The predicted molar refractivity (Wildman–Crippen MR) is 129 cm³/mol. The molecule has 1 amide bonds. The first-order valence-corrected chi connectivity index (χ1v) is 13.2. The zero-order valence-corrected chi connectivity index (χ0v) is 20.3. The van der Waals surface area contributed by atoms with Crippen LogP contribution in [-0.4, -0.2) is 52.0 Å². The maximum absolute atomic E-state index is 12.6. The highest BCUT2D eigenvalue weighted by molar-refractivity contribution is 7.88. The van der Waals surface area contributed by atoms with Crippen LogP contribution in [0.3, 0.4) is 0 Å². The Hall–Kier alpha value is -2.58. The van der Waals surface area contributed by atoms with Gasteiger partial charge in [-0.1, -0.05) is 24.6 Å². The molecule has 7 nitrogen and oxygen atoms in total. The van der Waals surface area contributed by atoms with Crippen LogP contribution in [0.15, 0.2) is 42.5 Å². The summed E-state index contributed by atoms with van der Waals surface area (Å²) in [6.07, 6.45) is 4.52. The lowest BCUT2D eigenvalue weighted by molar-refractivity contribution is 0.0953. The third-order valence-corrected chi connectivity index (χ3v) is 7.58. The number of aryl methyl sites for hydroxylation is 1. The largest absolute Gasteiger partial charge is 0.493 e. The number of carbonyl (C=O) groups is 1. The second-order valence-corrected chi connectivity index (χ2v) is 10.2. The minimum Gasteiger partial charge on any atom is -0.493 e. The smallest absolute Gasteiger partial charge is 0.251 e. The molecule has 1 aliphatic heterocycles. The summed E-state index contributed by atoms with van der Waals surface area (Å²) in [5, 5.41) is 2.93. The number of nitrogens with one attached hydrogen (secondary N) is 1. The van der Waals surface area contributed by atoms with Crippen LogP contribution in [0, 0.1) is 0 Å². The van der Waals surface area contributed by atoms with Crippen molar-refractivity contribution in [2.45, 2.75) is 44.8 Å².